The smallest absolute Gasteiger partial charge is 0.251 e. The minimum Gasteiger partial charge on any atom is -0.251 e. The third-order valence-electron chi connectivity index (χ3n) is 4.36. The van der Waals surface area contributed by atoms with Crippen LogP contribution in [0.25, 0.3) is 10.9 Å². The molecule has 29 heavy (non-hydrogen) atoms. The maximum absolute atomic E-state index is 12.8. The topological polar surface area (TPSA) is 83.2 Å². The fourth-order valence-corrected chi connectivity index (χ4v) is 5.00. The largest absolute Gasteiger partial charge is 0.292 e. The number of benzene rings is 2. The normalized spacial score (nSPS) is 13.1. The summed E-state index contributed by atoms with van der Waals surface area (Å²) in [5, 5.41) is 12.6. The molecule has 0 aliphatic carbocycles. The lowest BCUT2D eigenvalue weighted by Gasteiger charge is -2.13. The number of sulfonamides is 1. The molecule has 5 nitrogen and oxygen atoms in total. The second-order valence-corrected chi connectivity index (χ2v) is 9.02. The zero-order chi connectivity index (χ0) is 20.3. The lowest BCUT2D eigenvalue weighted by molar-refractivity contribution is 0.600. The molecular weight excluding hydrogens is 402 g/mol. The summed E-state index contributed by atoms with van der Waals surface area (Å²) in [7, 11) is -3.94. The number of para-hydroxylation sites is 1. The predicted octanol–water partition coefficient (Wildman–Crippen LogP) is 4.78. The summed E-state index contributed by atoms with van der Waals surface area (Å²) in [6, 6.07) is 25.4. The minimum absolute atomic E-state index is 0.133. The number of hydrogen-bond donors (Lipinski definition) is 0. The lowest BCUT2D eigenvalue weighted by Crippen LogP contribution is -2.16. The summed E-state index contributed by atoms with van der Waals surface area (Å²) >= 11 is 1.09. The van der Waals surface area contributed by atoms with Gasteiger partial charge in [-0.25, -0.2) is 0 Å². The maximum atomic E-state index is 12.8. The van der Waals surface area contributed by atoms with Crippen LogP contribution in [0.1, 0.15) is 17.2 Å². The van der Waals surface area contributed by atoms with E-state index in [0.29, 0.717) is 11.3 Å². The van der Waals surface area contributed by atoms with Gasteiger partial charge in [0.15, 0.2) is 0 Å². The number of nitrogens with zero attached hydrogens (tertiary/aromatic N) is 3. The Labute approximate surface area is 172 Å². The van der Waals surface area contributed by atoms with Crippen LogP contribution >= 0.6 is 11.3 Å². The fourth-order valence-electron chi connectivity index (χ4n) is 2.98. The van der Waals surface area contributed by atoms with E-state index in [1.807, 2.05) is 36.4 Å². The molecule has 0 fully saturated rings. The van der Waals surface area contributed by atoms with Crippen LogP contribution in [0.5, 0.6) is 0 Å². The third-order valence-corrected chi connectivity index (χ3v) is 7.02. The molecule has 0 N–H and O–H groups in total. The van der Waals surface area contributed by atoms with Crippen molar-refractivity contribution in [3.8, 4) is 6.07 Å². The number of hydrogen-bond acceptors (Lipinski definition) is 5. The Morgan fingerprint density at radius 1 is 0.966 bits per heavy atom. The second kappa shape index (κ2) is 7.95. The van der Waals surface area contributed by atoms with Crippen molar-refractivity contribution >= 4 is 38.0 Å². The van der Waals surface area contributed by atoms with Crippen LogP contribution in [-0.4, -0.2) is 19.1 Å². The molecule has 2 aromatic carbocycles. The highest BCUT2D eigenvalue weighted by Crippen LogP contribution is 2.26. The average Bonchev–Trinajstić information content (AvgIpc) is 3.30. The molecule has 2 aromatic heterocycles. The van der Waals surface area contributed by atoms with E-state index in [1.54, 1.807) is 41.8 Å². The number of nitriles is 1. The first kappa shape index (κ1) is 19.0. The summed E-state index contributed by atoms with van der Waals surface area (Å²) in [6.45, 7) is 0. The van der Waals surface area contributed by atoms with Crippen molar-refractivity contribution in [2.75, 3.05) is 0 Å². The van der Waals surface area contributed by atoms with Crippen molar-refractivity contribution in [1.82, 2.24) is 4.98 Å². The first-order valence-electron chi connectivity index (χ1n) is 8.77. The molecule has 0 saturated carbocycles. The van der Waals surface area contributed by atoms with Crippen LogP contribution in [0, 0.1) is 11.3 Å². The molecule has 0 radical (unpaired) electrons. The van der Waals surface area contributed by atoms with Gasteiger partial charge in [-0.05, 0) is 29.1 Å². The molecule has 0 aliphatic heterocycles. The first-order chi connectivity index (χ1) is 14.1. The van der Waals surface area contributed by atoms with Gasteiger partial charge in [0.25, 0.3) is 10.0 Å². The van der Waals surface area contributed by atoms with E-state index >= 15 is 0 Å². The zero-order valence-corrected chi connectivity index (χ0v) is 16.8. The number of pyridine rings is 1. The van der Waals surface area contributed by atoms with Crippen LogP contribution in [0.3, 0.4) is 0 Å². The van der Waals surface area contributed by atoms with Crippen molar-refractivity contribution in [3.05, 3.63) is 95.5 Å². The van der Waals surface area contributed by atoms with Gasteiger partial charge in [-0.15, -0.1) is 11.3 Å². The van der Waals surface area contributed by atoms with E-state index in [2.05, 4.69) is 15.5 Å². The summed E-state index contributed by atoms with van der Waals surface area (Å²) < 4.78 is 29.9. The molecule has 0 aliphatic rings. The molecule has 4 rings (SSSR count). The van der Waals surface area contributed by atoms with Crippen molar-refractivity contribution in [1.29, 1.82) is 5.26 Å². The maximum Gasteiger partial charge on any atom is 0.292 e. The molecular formula is C22H15N3O2S2. The lowest BCUT2D eigenvalue weighted by atomic mass is 9.94. The quantitative estimate of drug-likeness (QED) is 0.438. The molecule has 0 spiro atoms. The van der Waals surface area contributed by atoms with Gasteiger partial charge in [-0.2, -0.15) is 18.1 Å². The van der Waals surface area contributed by atoms with Gasteiger partial charge in [-0.3, -0.25) is 4.98 Å². The Bertz CT molecular complexity index is 1320. The molecule has 4 aromatic rings. The van der Waals surface area contributed by atoms with Gasteiger partial charge in [-0.1, -0.05) is 60.7 Å². The molecule has 2 heterocycles. The SMILES string of the molecule is N#CC(/C(=N/S(=O)(=O)c1cccs1)c1ccccc1)c1ccc2ccccc2n1. The summed E-state index contributed by atoms with van der Waals surface area (Å²) in [5.74, 6) is -0.934. The van der Waals surface area contributed by atoms with E-state index in [-0.39, 0.29) is 9.92 Å². The van der Waals surface area contributed by atoms with Crippen LogP contribution in [0.15, 0.2) is 92.8 Å². The highest BCUT2D eigenvalue weighted by Gasteiger charge is 2.25. The van der Waals surface area contributed by atoms with Crippen molar-refractivity contribution in [3.63, 3.8) is 0 Å². The molecule has 0 bridgehead atoms. The van der Waals surface area contributed by atoms with Crippen molar-refractivity contribution in [2.45, 2.75) is 10.1 Å². The molecule has 7 heteroatoms. The number of fused-ring (bicyclic) bond motifs is 1. The van der Waals surface area contributed by atoms with E-state index in [9.17, 15) is 13.7 Å². The Morgan fingerprint density at radius 2 is 1.72 bits per heavy atom. The van der Waals surface area contributed by atoms with Crippen LogP contribution in [-0.2, 0) is 10.0 Å². The molecule has 0 amide bonds. The Balaban J connectivity index is 1.89. The van der Waals surface area contributed by atoms with Crippen molar-refractivity contribution < 1.29 is 8.42 Å². The van der Waals surface area contributed by atoms with Crippen LogP contribution < -0.4 is 0 Å². The molecule has 1 unspecified atom stereocenters. The predicted molar refractivity (Wildman–Crippen MR) is 115 cm³/mol. The van der Waals surface area contributed by atoms with Crippen LogP contribution in [0.4, 0.5) is 0 Å². The van der Waals surface area contributed by atoms with Gasteiger partial charge < -0.3 is 0 Å². The Morgan fingerprint density at radius 3 is 2.45 bits per heavy atom. The van der Waals surface area contributed by atoms with Gasteiger partial charge in [0.05, 0.1) is 23.0 Å². The van der Waals surface area contributed by atoms with Crippen molar-refractivity contribution in [2.24, 2.45) is 4.40 Å². The Hall–Kier alpha value is -3.34. The van der Waals surface area contributed by atoms with Gasteiger partial charge in [0.1, 0.15) is 10.1 Å². The Kier molecular flexibility index (Phi) is 5.21. The average molecular weight is 418 g/mol. The van der Waals surface area contributed by atoms with Gasteiger partial charge in [0, 0.05) is 5.39 Å². The van der Waals surface area contributed by atoms with E-state index in [1.165, 1.54) is 6.07 Å². The second-order valence-electron chi connectivity index (χ2n) is 6.24. The van der Waals surface area contributed by atoms with Crippen LogP contribution in [0.2, 0.25) is 0 Å². The molecule has 142 valence electrons. The van der Waals surface area contributed by atoms with E-state index < -0.39 is 15.9 Å². The number of rotatable bonds is 5. The minimum atomic E-state index is -3.94. The fraction of sp³-hybridized carbons (Fsp3) is 0.0455. The highest BCUT2D eigenvalue weighted by atomic mass is 32.2. The standard InChI is InChI=1S/C22H15N3O2S2/c23-15-18(20-13-12-16-7-4-5-10-19(16)24-20)22(17-8-2-1-3-9-17)25-29(26,27)21-11-6-14-28-21/h1-14,18H/b25-22+. The number of aromatic nitrogens is 1. The monoisotopic (exact) mass is 417 g/mol. The zero-order valence-electron chi connectivity index (χ0n) is 15.1. The molecule has 0 saturated heterocycles. The molecule has 1 atom stereocenters. The highest BCUT2D eigenvalue weighted by molar-refractivity contribution is 7.92. The van der Waals surface area contributed by atoms with E-state index in [4.69, 9.17) is 0 Å². The third kappa shape index (κ3) is 3.94. The summed E-state index contributed by atoms with van der Waals surface area (Å²) in [6.07, 6.45) is 0. The van der Waals surface area contributed by atoms with E-state index in [0.717, 1.165) is 22.2 Å². The van der Waals surface area contributed by atoms with Gasteiger partial charge in [0.2, 0.25) is 0 Å². The summed E-state index contributed by atoms with van der Waals surface area (Å²) in [5.41, 5.74) is 1.91. The number of thiophene rings is 1. The van der Waals surface area contributed by atoms with Gasteiger partial charge >= 0.3 is 0 Å². The summed E-state index contributed by atoms with van der Waals surface area (Å²) in [4.78, 5) is 4.59. The first-order valence-corrected chi connectivity index (χ1v) is 11.1.